The molecule has 0 spiro atoms. The fraction of sp³-hybridized carbons (Fsp3) is 0.583. The van der Waals surface area contributed by atoms with Crippen molar-refractivity contribution in [2.45, 2.75) is 6.10 Å². The minimum Gasteiger partial charge on any atom is -0.389 e. The first-order valence-corrected chi connectivity index (χ1v) is 6.95. The largest absolute Gasteiger partial charge is 0.389 e. The molecule has 1 aromatic rings. The number of β-amino-alcohol motifs (C(OH)–C–C–N with tert-alkyl or cyclic N) is 1. The normalized spacial score (nSPS) is 21.0. The van der Waals surface area contributed by atoms with E-state index in [1.54, 1.807) is 0 Å². The second-order valence-corrected chi connectivity index (χ2v) is 5.58. The second kappa shape index (κ2) is 5.03. The molecule has 0 atom stereocenters. The third kappa shape index (κ3) is 2.46. The van der Waals surface area contributed by atoms with E-state index in [0.29, 0.717) is 13.1 Å². The molecule has 2 aliphatic heterocycles. The molecule has 0 amide bonds. The zero-order valence-electron chi connectivity index (χ0n) is 10.0. The number of rotatable bonds is 2. The first-order chi connectivity index (χ1) is 8.72. The van der Waals surface area contributed by atoms with Crippen molar-refractivity contribution in [3.8, 4) is 0 Å². The fourth-order valence-corrected chi connectivity index (χ4v) is 2.64. The van der Waals surface area contributed by atoms with Gasteiger partial charge in [0.15, 0.2) is 0 Å². The van der Waals surface area contributed by atoms with Crippen LogP contribution in [0, 0.1) is 0 Å². The Kier molecular flexibility index (Phi) is 3.41. The zero-order valence-corrected chi connectivity index (χ0v) is 11.6. The van der Waals surface area contributed by atoms with Gasteiger partial charge in [0.2, 0.25) is 0 Å². The molecule has 0 radical (unpaired) electrons. The molecule has 6 heteroatoms. The molecule has 2 fully saturated rings. The Morgan fingerprint density at radius 2 is 1.78 bits per heavy atom. The number of aliphatic hydroxyl groups is 1. The summed E-state index contributed by atoms with van der Waals surface area (Å²) in [6, 6.07) is 4.03. The molecule has 5 nitrogen and oxygen atoms in total. The molecule has 0 aromatic carbocycles. The highest BCUT2D eigenvalue weighted by Gasteiger charge is 2.26. The Labute approximate surface area is 114 Å². The van der Waals surface area contributed by atoms with Gasteiger partial charge in [0, 0.05) is 30.7 Å². The van der Waals surface area contributed by atoms with Gasteiger partial charge in [-0.05, 0) is 12.1 Å². The lowest BCUT2D eigenvalue weighted by Crippen LogP contribution is -2.51. The van der Waals surface area contributed by atoms with Crippen molar-refractivity contribution >= 4 is 27.6 Å². The number of morpholine rings is 1. The Morgan fingerprint density at radius 3 is 2.39 bits per heavy atom. The lowest BCUT2D eigenvalue weighted by molar-refractivity contribution is 0.122. The zero-order chi connectivity index (χ0) is 12.5. The predicted molar refractivity (Wildman–Crippen MR) is 73.2 cm³/mol. The summed E-state index contributed by atoms with van der Waals surface area (Å²) in [4.78, 5) is 8.98. The highest BCUT2D eigenvalue weighted by Crippen LogP contribution is 2.27. The molecule has 18 heavy (non-hydrogen) atoms. The smallest absolute Gasteiger partial charge is 0.132 e. The van der Waals surface area contributed by atoms with Gasteiger partial charge in [-0.1, -0.05) is 15.9 Å². The van der Waals surface area contributed by atoms with Gasteiger partial charge < -0.3 is 19.6 Å². The molecule has 3 rings (SSSR count). The number of halogens is 1. The summed E-state index contributed by atoms with van der Waals surface area (Å²) in [5, 5.41) is 9.36. The Morgan fingerprint density at radius 1 is 1.17 bits per heavy atom. The highest BCUT2D eigenvalue weighted by atomic mass is 79.9. The Hall–Kier alpha value is -0.850. The van der Waals surface area contributed by atoms with Gasteiger partial charge >= 0.3 is 0 Å². The van der Waals surface area contributed by atoms with Gasteiger partial charge in [-0.3, -0.25) is 0 Å². The minimum atomic E-state index is -0.211. The Bertz CT molecular complexity index is 431. The van der Waals surface area contributed by atoms with E-state index in [1.165, 1.54) is 0 Å². The summed E-state index contributed by atoms with van der Waals surface area (Å²) < 4.78 is 6.37. The summed E-state index contributed by atoms with van der Waals surface area (Å²) in [5.74, 6) is 1.90. The standard InChI is InChI=1S/C12H16BrN3O2/c13-9-5-11(15-1-3-18-4-2-15)14-12(6-9)16-7-10(17)8-16/h5-6,10,17H,1-4,7-8H2. The quantitative estimate of drug-likeness (QED) is 0.877. The lowest BCUT2D eigenvalue weighted by Gasteiger charge is -2.37. The molecular formula is C12H16BrN3O2. The summed E-state index contributed by atoms with van der Waals surface area (Å²) in [5.41, 5.74) is 0. The van der Waals surface area contributed by atoms with E-state index in [9.17, 15) is 5.11 Å². The van der Waals surface area contributed by atoms with Crippen LogP contribution in [0.3, 0.4) is 0 Å². The van der Waals surface area contributed by atoms with Crippen LogP contribution in [-0.4, -0.2) is 55.6 Å². The monoisotopic (exact) mass is 313 g/mol. The third-order valence-corrected chi connectivity index (χ3v) is 3.74. The van der Waals surface area contributed by atoms with Crippen LogP contribution in [0.4, 0.5) is 11.6 Å². The predicted octanol–water partition coefficient (Wildman–Crippen LogP) is 0.862. The van der Waals surface area contributed by atoms with Crippen molar-refractivity contribution < 1.29 is 9.84 Å². The molecule has 2 saturated heterocycles. The van der Waals surface area contributed by atoms with E-state index >= 15 is 0 Å². The minimum absolute atomic E-state index is 0.211. The maximum Gasteiger partial charge on any atom is 0.132 e. The highest BCUT2D eigenvalue weighted by molar-refractivity contribution is 9.10. The number of pyridine rings is 1. The summed E-state index contributed by atoms with van der Waals surface area (Å²) in [6.45, 7) is 4.62. The van der Waals surface area contributed by atoms with Gasteiger partial charge in [0.1, 0.15) is 11.6 Å². The van der Waals surface area contributed by atoms with Crippen LogP contribution in [0.5, 0.6) is 0 Å². The van der Waals surface area contributed by atoms with Crippen LogP contribution in [0.1, 0.15) is 0 Å². The van der Waals surface area contributed by atoms with Crippen molar-refractivity contribution in [3.63, 3.8) is 0 Å². The molecule has 2 aliphatic rings. The second-order valence-electron chi connectivity index (χ2n) is 4.66. The van der Waals surface area contributed by atoms with Crippen LogP contribution in [0.2, 0.25) is 0 Å². The van der Waals surface area contributed by atoms with Crippen molar-refractivity contribution in [1.82, 2.24) is 4.98 Å². The number of aliphatic hydroxyl groups excluding tert-OH is 1. The average molecular weight is 314 g/mol. The molecule has 0 bridgehead atoms. The van der Waals surface area contributed by atoms with Gasteiger partial charge in [-0.2, -0.15) is 0 Å². The molecule has 98 valence electrons. The summed E-state index contributed by atoms with van der Waals surface area (Å²) in [7, 11) is 0. The number of aromatic nitrogens is 1. The lowest BCUT2D eigenvalue weighted by atomic mass is 10.2. The van der Waals surface area contributed by atoms with Crippen molar-refractivity contribution in [2.75, 3.05) is 49.2 Å². The van der Waals surface area contributed by atoms with Crippen molar-refractivity contribution in [1.29, 1.82) is 0 Å². The van der Waals surface area contributed by atoms with E-state index in [0.717, 1.165) is 42.4 Å². The van der Waals surface area contributed by atoms with Gasteiger partial charge in [0.25, 0.3) is 0 Å². The number of nitrogens with zero attached hydrogens (tertiary/aromatic N) is 3. The number of anilines is 2. The number of hydrogen-bond donors (Lipinski definition) is 1. The van der Waals surface area contributed by atoms with Crippen molar-refractivity contribution in [3.05, 3.63) is 16.6 Å². The van der Waals surface area contributed by atoms with Crippen LogP contribution in [0.25, 0.3) is 0 Å². The van der Waals surface area contributed by atoms with E-state index in [-0.39, 0.29) is 6.10 Å². The van der Waals surface area contributed by atoms with Crippen LogP contribution in [-0.2, 0) is 4.74 Å². The Balaban J connectivity index is 1.81. The molecule has 3 heterocycles. The molecule has 1 aromatic heterocycles. The first-order valence-electron chi connectivity index (χ1n) is 6.16. The van der Waals surface area contributed by atoms with E-state index < -0.39 is 0 Å². The topological polar surface area (TPSA) is 48.8 Å². The van der Waals surface area contributed by atoms with Gasteiger partial charge in [0.05, 0.1) is 19.3 Å². The van der Waals surface area contributed by atoms with Gasteiger partial charge in [-0.15, -0.1) is 0 Å². The fourth-order valence-electron chi connectivity index (χ4n) is 2.23. The first kappa shape index (κ1) is 12.2. The maximum atomic E-state index is 9.36. The number of ether oxygens (including phenoxy) is 1. The molecule has 1 N–H and O–H groups in total. The molecule has 0 saturated carbocycles. The third-order valence-electron chi connectivity index (χ3n) is 3.28. The van der Waals surface area contributed by atoms with Gasteiger partial charge in [-0.25, -0.2) is 4.98 Å². The van der Waals surface area contributed by atoms with Crippen LogP contribution < -0.4 is 9.80 Å². The SMILES string of the molecule is OC1CN(c2cc(Br)cc(N3CCOCC3)n2)C1. The van der Waals surface area contributed by atoms with E-state index in [2.05, 4.69) is 30.7 Å². The maximum absolute atomic E-state index is 9.36. The van der Waals surface area contributed by atoms with Crippen molar-refractivity contribution in [2.24, 2.45) is 0 Å². The van der Waals surface area contributed by atoms with Crippen LogP contribution >= 0.6 is 15.9 Å². The molecule has 0 unspecified atom stereocenters. The molecule has 0 aliphatic carbocycles. The summed E-state index contributed by atoms with van der Waals surface area (Å²) >= 11 is 3.53. The van der Waals surface area contributed by atoms with E-state index in [1.807, 2.05) is 12.1 Å². The van der Waals surface area contributed by atoms with E-state index in [4.69, 9.17) is 4.74 Å². The average Bonchev–Trinajstić information content (AvgIpc) is 2.35. The molecular weight excluding hydrogens is 298 g/mol. The summed E-state index contributed by atoms with van der Waals surface area (Å²) in [6.07, 6.45) is -0.211. The number of hydrogen-bond acceptors (Lipinski definition) is 5. The van der Waals surface area contributed by atoms with Crippen LogP contribution in [0.15, 0.2) is 16.6 Å².